The second-order valence-electron chi connectivity index (χ2n) is 5.48. The number of benzene rings is 2. The maximum atomic E-state index is 12.9. The molecule has 2 heterocycles. The summed E-state index contributed by atoms with van der Waals surface area (Å²) in [5, 5.41) is 1.49. The number of carbonyl (C=O) groups excluding carboxylic acids is 1. The number of fused-ring (bicyclic) bond motifs is 2. The van der Waals surface area contributed by atoms with E-state index in [2.05, 4.69) is 0 Å². The van der Waals surface area contributed by atoms with Crippen molar-refractivity contribution in [1.82, 2.24) is 0 Å². The van der Waals surface area contributed by atoms with Crippen LogP contribution in [0.4, 0.5) is 4.39 Å². The van der Waals surface area contributed by atoms with Crippen LogP contribution in [-0.4, -0.2) is 5.97 Å². The highest BCUT2D eigenvalue weighted by Gasteiger charge is 2.12. The minimum Gasteiger partial charge on any atom is -0.464 e. The fourth-order valence-corrected chi connectivity index (χ4v) is 2.62. The Labute approximate surface area is 140 Å². The number of carbonyl (C=O) groups is 1. The number of ether oxygens (including phenoxy) is 1. The molecule has 0 aliphatic rings. The molecular weight excluding hydrogens is 327 g/mol. The van der Waals surface area contributed by atoms with Crippen LogP contribution in [0.3, 0.4) is 0 Å². The third-order valence-corrected chi connectivity index (χ3v) is 3.84. The van der Waals surface area contributed by atoms with Gasteiger partial charge < -0.3 is 13.6 Å². The molecule has 0 saturated heterocycles. The molecule has 0 saturated carbocycles. The van der Waals surface area contributed by atoms with Gasteiger partial charge in [-0.1, -0.05) is 0 Å². The van der Waals surface area contributed by atoms with Crippen LogP contribution in [-0.2, 0) is 11.3 Å². The maximum Gasteiger partial charge on any atom is 0.338 e. The molecule has 0 spiro atoms. The fraction of sp³-hybridized carbons (Fsp3) is 0.0526. The highest BCUT2D eigenvalue weighted by Crippen LogP contribution is 2.25. The predicted octanol–water partition coefficient (Wildman–Crippen LogP) is 4.04. The summed E-state index contributed by atoms with van der Waals surface area (Å²) in [5.74, 6) is -1.04. The van der Waals surface area contributed by atoms with Crippen molar-refractivity contribution >= 4 is 27.9 Å². The molecule has 0 amide bonds. The Kier molecular flexibility index (Phi) is 3.57. The third-order valence-electron chi connectivity index (χ3n) is 3.84. The van der Waals surface area contributed by atoms with Crippen molar-refractivity contribution in [1.29, 1.82) is 0 Å². The molecule has 0 fully saturated rings. The molecule has 0 bridgehead atoms. The monoisotopic (exact) mass is 338 g/mol. The first kappa shape index (κ1) is 15.1. The zero-order valence-electron chi connectivity index (χ0n) is 12.8. The van der Waals surface area contributed by atoms with Crippen molar-refractivity contribution in [3.8, 4) is 0 Å². The first-order chi connectivity index (χ1) is 12.1. The first-order valence-electron chi connectivity index (χ1n) is 7.47. The molecule has 0 N–H and O–H groups in total. The van der Waals surface area contributed by atoms with Gasteiger partial charge in [0.15, 0.2) is 0 Å². The number of hydrogen-bond donors (Lipinski definition) is 0. The highest BCUT2D eigenvalue weighted by atomic mass is 19.1. The van der Waals surface area contributed by atoms with Gasteiger partial charge in [-0.05, 0) is 36.4 Å². The van der Waals surface area contributed by atoms with Gasteiger partial charge in [-0.25, -0.2) is 14.0 Å². The Morgan fingerprint density at radius 3 is 2.64 bits per heavy atom. The minimum absolute atomic E-state index is 0.109. The van der Waals surface area contributed by atoms with Crippen LogP contribution in [0.25, 0.3) is 21.9 Å². The summed E-state index contributed by atoms with van der Waals surface area (Å²) in [7, 11) is 0. The van der Waals surface area contributed by atoms with E-state index in [0.717, 1.165) is 5.39 Å². The van der Waals surface area contributed by atoms with Crippen LogP contribution < -0.4 is 5.63 Å². The average molecular weight is 338 g/mol. The lowest BCUT2D eigenvalue weighted by Gasteiger charge is -2.07. The Balaban J connectivity index is 1.67. The topological polar surface area (TPSA) is 69.7 Å². The molecular formula is C19H11FO5. The van der Waals surface area contributed by atoms with Gasteiger partial charge in [-0.15, -0.1) is 0 Å². The molecule has 4 rings (SSSR count). The van der Waals surface area contributed by atoms with Crippen LogP contribution in [0.15, 0.2) is 68.4 Å². The molecule has 0 radical (unpaired) electrons. The van der Waals surface area contributed by atoms with Crippen LogP contribution in [0.2, 0.25) is 0 Å². The zero-order valence-corrected chi connectivity index (χ0v) is 12.8. The molecule has 6 heteroatoms. The van der Waals surface area contributed by atoms with Crippen molar-refractivity contribution in [2.45, 2.75) is 6.61 Å². The molecule has 2 aromatic carbocycles. The van der Waals surface area contributed by atoms with Crippen molar-refractivity contribution in [3.05, 3.63) is 82.2 Å². The SMILES string of the molecule is O=C(OCc1cc(=O)oc2cc3occc3cc12)c1ccc(F)cc1. The predicted molar refractivity (Wildman–Crippen MR) is 87.8 cm³/mol. The second kappa shape index (κ2) is 5.90. The van der Waals surface area contributed by atoms with Gasteiger partial charge in [0, 0.05) is 28.5 Å². The van der Waals surface area contributed by atoms with E-state index in [9.17, 15) is 14.0 Å². The van der Waals surface area contributed by atoms with Gasteiger partial charge in [0.05, 0.1) is 11.8 Å². The third kappa shape index (κ3) is 2.89. The van der Waals surface area contributed by atoms with Gasteiger partial charge in [-0.2, -0.15) is 0 Å². The summed E-state index contributed by atoms with van der Waals surface area (Å²) in [6.45, 7) is -0.109. The van der Waals surface area contributed by atoms with Crippen molar-refractivity contribution in [2.75, 3.05) is 0 Å². The molecule has 0 unspecified atom stereocenters. The normalized spacial score (nSPS) is 11.1. The van der Waals surface area contributed by atoms with Gasteiger partial charge in [-0.3, -0.25) is 0 Å². The van der Waals surface area contributed by atoms with Crippen molar-refractivity contribution in [2.24, 2.45) is 0 Å². The molecule has 0 aliphatic heterocycles. The average Bonchev–Trinajstić information content (AvgIpc) is 3.05. The number of rotatable bonds is 3. The molecule has 2 aromatic heterocycles. The van der Waals surface area contributed by atoms with Crippen LogP contribution >= 0.6 is 0 Å². The summed E-state index contributed by atoms with van der Waals surface area (Å²) in [5.41, 5.74) is 1.14. The van der Waals surface area contributed by atoms with E-state index in [-0.39, 0.29) is 12.2 Å². The second-order valence-corrected chi connectivity index (χ2v) is 5.48. The molecule has 124 valence electrons. The van der Waals surface area contributed by atoms with E-state index >= 15 is 0 Å². The highest BCUT2D eigenvalue weighted by molar-refractivity contribution is 5.94. The lowest BCUT2D eigenvalue weighted by Crippen LogP contribution is -2.08. The van der Waals surface area contributed by atoms with Crippen molar-refractivity contribution in [3.63, 3.8) is 0 Å². The lowest BCUT2D eigenvalue weighted by molar-refractivity contribution is 0.0474. The van der Waals surface area contributed by atoms with Crippen LogP contribution in [0, 0.1) is 5.82 Å². The summed E-state index contributed by atoms with van der Waals surface area (Å²) < 4.78 is 28.6. The van der Waals surface area contributed by atoms with Crippen molar-refractivity contribution < 1.29 is 22.8 Å². The summed E-state index contributed by atoms with van der Waals surface area (Å²) in [4.78, 5) is 23.8. The van der Waals surface area contributed by atoms with Gasteiger partial charge in [0.25, 0.3) is 0 Å². The molecule has 0 aliphatic carbocycles. The molecule has 4 aromatic rings. The van der Waals surface area contributed by atoms with Gasteiger partial charge in [0.2, 0.25) is 0 Å². The number of halogens is 1. The Morgan fingerprint density at radius 1 is 1.04 bits per heavy atom. The standard InChI is InChI=1S/C19H11FO5/c20-14-3-1-11(2-4-14)19(22)24-10-13-8-18(21)25-17-9-16-12(5-6-23-16)7-15(13)17/h1-9H,10H2. The Morgan fingerprint density at radius 2 is 1.84 bits per heavy atom. The van der Waals surface area contributed by atoms with E-state index in [1.165, 1.54) is 36.6 Å². The van der Waals surface area contributed by atoms with E-state index in [0.29, 0.717) is 22.1 Å². The quantitative estimate of drug-likeness (QED) is 0.416. The van der Waals surface area contributed by atoms with Gasteiger partial charge in [0.1, 0.15) is 23.6 Å². The lowest BCUT2D eigenvalue weighted by atomic mass is 10.1. The van der Waals surface area contributed by atoms with E-state index in [4.69, 9.17) is 13.6 Å². The van der Waals surface area contributed by atoms with E-state index in [1.807, 2.05) is 0 Å². The molecule has 5 nitrogen and oxygen atoms in total. The first-order valence-corrected chi connectivity index (χ1v) is 7.47. The summed E-state index contributed by atoms with van der Waals surface area (Å²) >= 11 is 0. The molecule has 0 atom stereocenters. The van der Waals surface area contributed by atoms with E-state index < -0.39 is 17.4 Å². The van der Waals surface area contributed by atoms with Crippen LogP contribution in [0.5, 0.6) is 0 Å². The largest absolute Gasteiger partial charge is 0.464 e. The van der Waals surface area contributed by atoms with E-state index in [1.54, 1.807) is 18.2 Å². The smallest absolute Gasteiger partial charge is 0.338 e. The Hall–Kier alpha value is -3.41. The zero-order chi connectivity index (χ0) is 17.4. The molecule has 25 heavy (non-hydrogen) atoms. The fourth-order valence-electron chi connectivity index (χ4n) is 2.62. The minimum atomic E-state index is -0.606. The van der Waals surface area contributed by atoms with Gasteiger partial charge >= 0.3 is 11.6 Å². The summed E-state index contributed by atoms with van der Waals surface area (Å²) in [6.07, 6.45) is 1.54. The summed E-state index contributed by atoms with van der Waals surface area (Å²) in [6, 6.07) is 11.5. The number of esters is 1. The maximum absolute atomic E-state index is 12.9. The number of furan rings is 1. The number of hydrogen-bond acceptors (Lipinski definition) is 5. The Bertz CT molecular complexity index is 1140. The van der Waals surface area contributed by atoms with Crippen LogP contribution in [0.1, 0.15) is 15.9 Å².